The van der Waals surface area contributed by atoms with Crippen LogP contribution in [0.5, 0.6) is 0 Å². The van der Waals surface area contributed by atoms with E-state index in [2.05, 4.69) is 47.6 Å². The molecule has 0 bridgehead atoms. The van der Waals surface area contributed by atoms with Crippen LogP contribution in [-0.4, -0.2) is 17.2 Å². The molecule has 0 amide bonds. The molecule has 0 aliphatic heterocycles. The minimum atomic E-state index is 0.796. The van der Waals surface area contributed by atoms with Crippen molar-refractivity contribution in [2.75, 3.05) is 7.05 Å². The molecule has 1 N–H and O–H groups in total. The van der Waals surface area contributed by atoms with Crippen LogP contribution in [0.15, 0.2) is 18.2 Å². The Morgan fingerprint density at radius 3 is 2.71 bits per heavy atom. The molecule has 0 fully saturated rings. The summed E-state index contributed by atoms with van der Waals surface area (Å²) >= 11 is 1.68. The van der Waals surface area contributed by atoms with Gasteiger partial charge in [-0.15, -0.1) is 10.2 Å². The largest absolute Gasteiger partial charge is 0.313 e. The fourth-order valence-corrected chi connectivity index (χ4v) is 2.62. The van der Waals surface area contributed by atoms with Crippen molar-refractivity contribution >= 4 is 11.3 Å². The Morgan fingerprint density at radius 1 is 1.18 bits per heavy atom. The molecule has 2 rings (SSSR count). The Balaban J connectivity index is 2.16. The van der Waals surface area contributed by atoms with Crippen LogP contribution in [0.1, 0.15) is 26.7 Å². The van der Waals surface area contributed by atoms with E-state index < -0.39 is 0 Å². The van der Waals surface area contributed by atoms with Crippen LogP contribution in [0.4, 0.5) is 0 Å². The van der Waals surface area contributed by atoms with E-state index in [1.807, 2.05) is 7.05 Å². The van der Waals surface area contributed by atoms with Gasteiger partial charge in [-0.2, -0.15) is 0 Å². The van der Waals surface area contributed by atoms with E-state index in [0.29, 0.717) is 0 Å². The summed E-state index contributed by atoms with van der Waals surface area (Å²) in [5, 5.41) is 13.6. The number of hydrogen-bond acceptors (Lipinski definition) is 4. The highest BCUT2D eigenvalue weighted by molar-refractivity contribution is 7.11. The monoisotopic (exact) mass is 247 g/mol. The van der Waals surface area contributed by atoms with Gasteiger partial charge in [0.1, 0.15) is 10.0 Å². The van der Waals surface area contributed by atoms with E-state index >= 15 is 0 Å². The first-order valence-electron chi connectivity index (χ1n) is 5.71. The van der Waals surface area contributed by atoms with E-state index in [1.54, 1.807) is 11.3 Å². The van der Waals surface area contributed by atoms with E-state index in [1.165, 1.54) is 16.7 Å². The van der Waals surface area contributed by atoms with Gasteiger partial charge in [0.15, 0.2) is 0 Å². The van der Waals surface area contributed by atoms with Gasteiger partial charge in [-0.3, -0.25) is 0 Å². The van der Waals surface area contributed by atoms with Crippen molar-refractivity contribution in [1.29, 1.82) is 0 Å². The zero-order valence-electron chi connectivity index (χ0n) is 10.4. The predicted octanol–water partition coefficient (Wildman–Crippen LogP) is 2.47. The normalized spacial score (nSPS) is 10.8. The molecule has 0 atom stereocenters. The second-order valence-corrected chi connectivity index (χ2v) is 5.37. The van der Waals surface area contributed by atoms with Gasteiger partial charge in [0.2, 0.25) is 0 Å². The smallest absolute Gasteiger partial charge is 0.131 e. The topological polar surface area (TPSA) is 37.8 Å². The van der Waals surface area contributed by atoms with Crippen molar-refractivity contribution in [3.63, 3.8) is 0 Å². The summed E-state index contributed by atoms with van der Waals surface area (Å²) in [5.74, 6) is 0. The average Bonchev–Trinajstić information content (AvgIpc) is 2.72. The van der Waals surface area contributed by atoms with Crippen LogP contribution < -0.4 is 5.32 Å². The molecule has 3 nitrogen and oxygen atoms in total. The molecule has 0 radical (unpaired) electrons. The Bertz CT molecular complexity index is 505. The first kappa shape index (κ1) is 12.2. The summed E-state index contributed by atoms with van der Waals surface area (Å²) in [6, 6.07) is 6.54. The van der Waals surface area contributed by atoms with E-state index in [4.69, 9.17) is 0 Å². The molecule has 4 heteroatoms. The number of aryl methyl sites for hydroxylation is 2. The molecule has 1 aromatic carbocycles. The Labute approximate surface area is 106 Å². The van der Waals surface area contributed by atoms with Crippen molar-refractivity contribution in [1.82, 2.24) is 15.5 Å². The lowest BCUT2D eigenvalue weighted by Gasteiger charge is -2.04. The van der Waals surface area contributed by atoms with Gasteiger partial charge in [-0.1, -0.05) is 35.1 Å². The summed E-state index contributed by atoms with van der Waals surface area (Å²) in [4.78, 5) is 0. The standard InChI is InChI=1S/C13H17N3S/c1-9-4-5-10(2)11(6-9)7-12-15-16-13(17-12)8-14-3/h4-6,14H,7-8H2,1-3H3. The quantitative estimate of drug-likeness (QED) is 0.902. The van der Waals surface area contributed by atoms with Crippen LogP contribution in [-0.2, 0) is 13.0 Å². The summed E-state index contributed by atoms with van der Waals surface area (Å²) in [6.07, 6.45) is 0.884. The van der Waals surface area contributed by atoms with Crippen LogP contribution in [0.2, 0.25) is 0 Å². The minimum Gasteiger partial charge on any atom is -0.313 e. The van der Waals surface area contributed by atoms with Crippen LogP contribution in [0.3, 0.4) is 0 Å². The molecule has 90 valence electrons. The van der Waals surface area contributed by atoms with Crippen molar-refractivity contribution < 1.29 is 0 Å². The fourth-order valence-electron chi connectivity index (χ4n) is 1.74. The minimum absolute atomic E-state index is 0.796. The third-order valence-corrected chi connectivity index (χ3v) is 3.61. The van der Waals surface area contributed by atoms with Gasteiger partial charge in [0.25, 0.3) is 0 Å². The lowest BCUT2D eigenvalue weighted by atomic mass is 10.0. The van der Waals surface area contributed by atoms with Gasteiger partial charge in [0, 0.05) is 13.0 Å². The second-order valence-electron chi connectivity index (χ2n) is 4.23. The maximum atomic E-state index is 4.23. The number of benzene rings is 1. The summed E-state index contributed by atoms with van der Waals surface area (Å²) in [6.45, 7) is 5.06. The number of hydrogen-bond donors (Lipinski definition) is 1. The van der Waals surface area contributed by atoms with Gasteiger partial charge >= 0.3 is 0 Å². The molecule has 0 unspecified atom stereocenters. The fraction of sp³-hybridized carbons (Fsp3) is 0.385. The first-order valence-corrected chi connectivity index (χ1v) is 6.52. The number of aromatic nitrogens is 2. The predicted molar refractivity (Wildman–Crippen MR) is 71.4 cm³/mol. The van der Waals surface area contributed by atoms with E-state index in [-0.39, 0.29) is 0 Å². The molecule has 0 aliphatic rings. The second kappa shape index (κ2) is 5.38. The highest BCUT2D eigenvalue weighted by atomic mass is 32.1. The molecule has 2 aromatic rings. The SMILES string of the molecule is CNCc1nnc(Cc2cc(C)ccc2C)s1. The van der Waals surface area contributed by atoms with Crippen LogP contribution in [0, 0.1) is 13.8 Å². The van der Waals surface area contributed by atoms with E-state index in [9.17, 15) is 0 Å². The van der Waals surface area contributed by atoms with Crippen molar-refractivity contribution in [2.45, 2.75) is 26.8 Å². The Morgan fingerprint density at radius 2 is 1.94 bits per heavy atom. The summed E-state index contributed by atoms with van der Waals surface area (Å²) in [7, 11) is 1.92. The Hall–Kier alpha value is -1.26. The molecule has 0 spiro atoms. The highest BCUT2D eigenvalue weighted by Crippen LogP contribution is 2.18. The maximum absolute atomic E-state index is 4.23. The van der Waals surface area contributed by atoms with Crippen molar-refractivity contribution in [2.24, 2.45) is 0 Å². The van der Waals surface area contributed by atoms with Gasteiger partial charge in [0.05, 0.1) is 0 Å². The first-order chi connectivity index (χ1) is 8.19. The van der Waals surface area contributed by atoms with Gasteiger partial charge in [-0.05, 0) is 32.0 Å². The molecule has 0 saturated carbocycles. The maximum Gasteiger partial charge on any atom is 0.131 e. The van der Waals surface area contributed by atoms with Crippen LogP contribution in [0.25, 0.3) is 0 Å². The molecule has 0 aliphatic carbocycles. The highest BCUT2D eigenvalue weighted by Gasteiger charge is 2.06. The zero-order chi connectivity index (χ0) is 12.3. The lowest BCUT2D eigenvalue weighted by molar-refractivity contribution is 0.791. The van der Waals surface area contributed by atoms with Crippen LogP contribution >= 0.6 is 11.3 Å². The molecular formula is C13H17N3S. The molecule has 1 heterocycles. The summed E-state index contributed by atoms with van der Waals surface area (Å²) in [5.41, 5.74) is 3.96. The number of rotatable bonds is 4. The lowest BCUT2D eigenvalue weighted by Crippen LogP contribution is -2.04. The molecular weight excluding hydrogens is 230 g/mol. The zero-order valence-corrected chi connectivity index (χ0v) is 11.3. The molecule has 0 saturated heterocycles. The number of nitrogens with one attached hydrogen (secondary N) is 1. The molecule has 1 aromatic heterocycles. The summed E-state index contributed by atoms with van der Waals surface area (Å²) < 4.78 is 0. The van der Waals surface area contributed by atoms with Gasteiger partial charge in [-0.25, -0.2) is 0 Å². The third kappa shape index (κ3) is 3.11. The Kier molecular flexibility index (Phi) is 3.86. The number of nitrogens with zero attached hydrogens (tertiary/aromatic N) is 2. The van der Waals surface area contributed by atoms with Gasteiger partial charge < -0.3 is 5.32 Å². The average molecular weight is 247 g/mol. The van der Waals surface area contributed by atoms with E-state index in [0.717, 1.165) is 23.0 Å². The molecule has 17 heavy (non-hydrogen) atoms. The van der Waals surface area contributed by atoms with Crippen molar-refractivity contribution in [3.8, 4) is 0 Å². The van der Waals surface area contributed by atoms with Crippen molar-refractivity contribution in [3.05, 3.63) is 44.9 Å². The third-order valence-electron chi connectivity index (χ3n) is 2.68.